The second-order valence-electron chi connectivity index (χ2n) is 6.56. The van der Waals surface area contributed by atoms with Crippen LogP contribution in [0.4, 0.5) is 0 Å². The SMILES string of the molecule is C=CC[C@@H](OC(=O)C=C)[C@H]1OC(C)(C)O[C@@H]1[C@H](CCCC)OC(C)=O. The quantitative estimate of drug-likeness (QED) is 0.340. The second-order valence-corrected chi connectivity index (χ2v) is 6.56. The lowest BCUT2D eigenvalue weighted by Gasteiger charge is -2.30. The van der Waals surface area contributed by atoms with Crippen molar-refractivity contribution in [3.8, 4) is 0 Å². The summed E-state index contributed by atoms with van der Waals surface area (Å²) < 4.78 is 22.9. The molecule has 1 aliphatic heterocycles. The van der Waals surface area contributed by atoms with Crippen LogP contribution in [0.25, 0.3) is 0 Å². The highest BCUT2D eigenvalue weighted by Crippen LogP contribution is 2.36. The summed E-state index contributed by atoms with van der Waals surface area (Å²) in [6, 6.07) is 0. The molecule has 142 valence electrons. The van der Waals surface area contributed by atoms with E-state index in [1.54, 1.807) is 19.9 Å². The van der Waals surface area contributed by atoms with Crippen LogP contribution >= 0.6 is 0 Å². The Labute approximate surface area is 150 Å². The van der Waals surface area contributed by atoms with E-state index in [9.17, 15) is 9.59 Å². The lowest BCUT2D eigenvalue weighted by molar-refractivity contribution is -0.173. The monoisotopic (exact) mass is 354 g/mol. The van der Waals surface area contributed by atoms with Gasteiger partial charge in [0.2, 0.25) is 0 Å². The Bertz CT molecular complexity index is 484. The van der Waals surface area contributed by atoms with Gasteiger partial charge in [0.1, 0.15) is 24.4 Å². The third-order valence-corrected chi connectivity index (χ3v) is 3.89. The van der Waals surface area contributed by atoms with E-state index < -0.39 is 36.2 Å². The van der Waals surface area contributed by atoms with Crippen molar-refractivity contribution < 1.29 is 28.5 Å². The Morgan fingerprint density at radius 2 is 1.76 bits per heavy atom. The van der Waals surface area contributed by atoms with Crippen LogP contribution in [0.3, 0.4) is 0 Å². The molecule has 1 aliphatic rings. The van der Waals surface area contributed by atoms with Gasteiger partial charge in [-0.3, -0.25) is 4.79 Å². The van der Waals surface area contributed by atoms with E-state index >= 15 is 0 Å². The zero-order chi connectivity index (χ0) is 19.0. The lowest BCUT2D eigenvalue weighted by Crippen LogP contribution is -2.45. The van der Waals surface area contributed by atoms with E-state index in [2.05, 4.69) is 20.1 Å². The summed E-state index contributed by atoms with van der Waals surface area (Å²) in [7, 11) is 0. The van der Waals surface area contributed by atoms with Crippen LogP contribution in [0.1, 0.15) is 53.4 Å². The van der Waals surface area contributed by atoms with Crippen LogP contribution in [-0.4, -0.2) is 42.1 Å². The largest absolute Gasteiger partial charge is 0.460 e. The Hall–Kier alpha value is -1.66. The van der Waals surface area contributed by atoms with E-state index in [1.807, 2.05) is 0 Å². The number of carbonyl (C=O) groups is 2. The first-order valence-corrected chi connectivity index (χ1v) is 8.70. The normalized spacial score (nSPS) is 24.2. The number of carbonyl (C=O) groups excluding carboxylic acids is 2. The Kier molecular flexibility index (Phi) is 8.32. The third kappa shape index (κ3) is 6.63. The van der Waals surface area contributed by atoms with Gasteiger partial charge in [0, 0.05) is 19.4 Å². The minimum atomic E-state index is -0.875. The highest BCUT2D eigenvalue weighted by Gasteiger charge is 2.50. The first-order valence-electron chi connectivity index (χ1n) is 8.70. The molecule has 1 rings (SSSR count). The molecular weight excluding hydrogens is 324 g/mol. The first-order chi connectivity index (χ1) is 11.7. The Morgan fingerprint density at radius 3 is 2.24 bits per heavy atom. The summed E-state index contributed by atoms with van der Waals surface area (Å²) in [5.74, 6) is -1.80. The van der Waals surface area contributed by atoms with E-state index in [1.165, 1.54) is 6.92 Å². The van der Waals surface area contributed by atoms with Gasteiger partial charge in [-0.2, -0.15) is 0 Å². The molecule has 0 aromatic carbocycles. The van der Waals surface area contributed by atoms with Gasteiger partial charge in [-0.15, -0.1) is 6.58 Å². The highest BCUT2D eigenvalue weighted by atomic mass is 16.8. The maximum atomic E-state index is 11.7. The van der Waals surface area contributed by atoms with Crippen LogP contribution < -0.4 is 0 Å². The molecule has 6 heteroatoms. The maximum absolute atomic E-state index is 11.7. The van der Waals surface area contributed by atoms with E-state index in [-0.39, 0.29) is 5.97 Å². The molecule has 1 heterocycles. The number of unbranched alkanes of at least 4 members (excludes halogenated alkanes) is 1. The number of hydrogen-bond donors (Lipinski definition) is 0. The summed E-state index contributed by atoms with van der Waals surface area (Å²) in [5, 5.41) is 0. The van der Waals surface area contributed by atoms with Crippen molar-refractivity contribution in [1.82, 2.24) is 0 Å². The zero-order valence-electron chi connectivity index (χ0n) is 15.7. The predicted molar refractivity (Wildman–Crippen MR) is 93.8 cm³/mol. The minimum Gasteiger partial charge on any atom is -0.460 e. The average molecular weight is 354 g/mol. The Morgan fingerprint density at radius 1 is 1.16 bits per heavy atom. The van der Waals surface area contributed by atoms with Gasteiger partial charge >= 0.3 is 11.9 Å². The molecule has 1 saturated heterocycles. The molecule has 25 heavy (non-hydrogen) atoms. The van der Waals surface area contributed by atoms with Crippen molar-refractivity contribution in [1.29, 1.82) is 0 Å². The molecule has 0 aromatic heterocycles. The summed E-state index contributed by atoms with van der Waals surface area (Å²) in [6.45, 7) is 14.1. The fraction of sp³-hybridized carbons (Fsp3) is 0.684. The van der Waals surface area contributed by atoms with Crippen molar-refractivity contribution in [2.75, 3.05) is 0 Å². The fourth-order valence-corrected chi connectivity index (χ4v) is 2.91. The molecule has 0 bridgehead atoms. The maximum Gasteiger partial charge on any atom is 0.330 e. The van der Waals surface area contributed by atoms with Gasteiger partial charge in [-0.1, -0.05) is 26.0 Å². The molecule has 1 fully saturated rings. The predicted octanol–water partition coefficient (Wildman–Crippen LogP) is 3.30. The van der Waals surface area contributed by atoms with Crippen molar-refractivity contribution in [2.24, 2.45) is 0 Å². The molecule has 0 aliphatic carbocycles. The van der Waals surface area contributed by atoms with Crippen molar-refractivity contribution in [3.63, 3.8) is 0 Å². The molecule has 4 atom stereocenters. The first kappa shape index (κ1) is 21.4. The lowest BCUT2D eigenvalue weighted by atomic mass is 9.97. The molecule has 0 spiro atoms. The van der Waals surface area contributed by atoms with Crippen LogP contribution in [0.5, 0.6) is 0 Å². The van der Waals surface area contributed by atoms with Crippen LogP contribution in [0.2, 0.25) is 0 Å². The van der Waals surface area contributed by atoms with Crippen LogP contribution in [0, 0.1) is 0 Å². The zero-order valence-corrected chi connectivity index (χ0v) is 15.7. The number of ether oxygens (including phenoxy) is 4. The minimum absolute atomic E-state index is 0.378. The van der Waals surface area contributed by atoms with Gasteiger partial charge in [0.05, 0.1) is 0 Å². The average Bonchev–Trinajstić information content (AvgIpc) is 2.86. The van der Waals surface area contributed by atoms with Gasteiger partial charge in [0.15, 0.2) is 5.79 Å². The van der Waals surface area contributed by atoms with Crippen LogP contribution in [-0.2, 0) is 28.5 Å². The molecule has 0 aromatic rings. The molecule has 0 saturated carbocycles. The molecule has 0 unspecified atom stereocenters. The van der Waals surface area contributed by atoms with Gasteiger partial charge in [0.25, 0.3) is 0 Å². The molecule has 0 amide bonds. The molecular formula is C19H30O6. The Balaban J connectivity index is 3.07. The third-order valence-electron chi connectivity index (χ3n) is 3.89. The van der Waals surface area contributed by atoms with Crippen molar-refractivity contribution in [2.45, 2.75) is 83.6 Å². The van der Waals surface area contributed by atoms with Crippen LogP contribution in [0.15, 0.2) is 25.3 Å². The van der Waals surface area contributed by atoms with E-state index in [4.69, 9.17) is 18.9 Å². The summed E-state index contributed by atoms with van der Waals surface area (Å²) in [5.41, 5.74) is 0. The van der Waals surface area contributed by atoms with E-state index in [0.717, 1.165) is 18.9 Å². The fourth-order valence-electron chi connectivity index (χ4n) is 2.91. The van der Waals surface area contributed by atoms with Crippen molar-refractivity contribution >= 4 is 11.9 Å². The van der Waals surface area contributed by atoms with Gasteiger partial charge < -0.3 is 18.9 Å². The molecule has 0 N–H and O–H groups in total. The molecule has 6 nitrogen and oxygen atoms in total. The summed E-state index contributed by atoms with van der Waals surface area (Å²) in [4.78, 5) is 23.2. The standard InChI is InChI=1S/C19H30O6/c1-7-10-12-15(22-13(4)20)18-17(24-19(5,6)25-18)14(11-8-2)23-16(21)9-3/h8-9,14-15,17-18H,2-3,7,10-12H2,1,4-6H3/t14-,15+,17-,18-/m1/s1. The van der Waals surface area contributed by atoms with Crippen molar-refractivity contribution in [3.05, 3.63) is 25.3 Å². The highest BCUT2D eigenvalue weighted by molar-refractivity contribution is 5.81. The second kappa shape index (κ2) is 9.73. The van der Waals surface area contributed by atoms with Gasteiger partial charge in [-0.25, -0.2) is 4.79 Å². The number of hydrogen-bond acceptors (Lipinski definition) is 6. The van der Waals surface area contributed by atoms with E-state index in [0.29, 0.717) is 12.8 Å². The number of esters is 2. The topological polar surface area (TPSA) is 71.1 Å². The summed E-state index contributed by atoms with van der Waals surface area (Å²) >= 11 is 0. The summed E-state index contributed by atoms with van der Waals surface area (Å²) in [6.07, 6.45) is 3.45. The number of rotatable bonds is 10. The molecule has 0 radical (unpaired) electrons. The van der Waals surface area contributed by atoms with Gasteiger partial charge in [-0.05, 0) is 26.7 Å². The smallest absolute Gasteiger partial charge is 0.330 e.